The van der Waals surface area contributed by atoms with Crippen molar-refractivity contribution in [1.82, 2.24) is 20.1 Å². The highest BCUT2D eigenvalue weighted by molar-refractivity contribution is 5.97. The molecular formula is C26H39N5O8. The average molecular weight is 550 g/mol. The monoisotopic (exact) mass is 549 g/mol. The summed E-state index contributed by atoms with van der Waals surface area (Å²) in [4.78, 5) is 74.8. The minimum atomic E-state index is -1.16. The number of carbonyl (C=O) groups excluding carboxylic acids is 4. The maximum atomic E-state index is 13.0. The van der Waals surface area contributed by atoms with E-state index in [1.54, 1.807) is 6.92 Å². The van der Waals surface area contributed by atoms with Gasteiger partial charge >= 0.3 is 11.9 Å². The van der Waals surface area contributed by atoms with Gasteiger partial charge in [-0.2, -0.15) is 0 Å². The number of carboxylic acids is 1. The van der Waals surface area contributed by atoms with Crippen molar-refractivity contribution in [2.75, 3.05) is 38.1 Å². The van der Waals surface area contributed by atoms with Gasteiger partial charge in [0.05, 0.1) is 13.0 Å². The lowest BCUT2D eigenvalue weighted by molar-refractivity contribution is -0.139. The molecule has 3 amide bonds. The molecule has 0 fully saturated rings. The third kappa shape index (κ3) is 13.4. The van der Waals surface area contributed by atoms with Crippen LogP contribution in [0.25, 0.3) is 0 Å². The molecule has 4 N–H and O–H groups in total. The zero-order chi connectivity index (χ0) is 29.2. The van der Waals surface area contributed by atoms with E-state index in [0.29, 0.717) is 13.1 Å². The van der Waals surface area contributed by atoms with Crippen molar-refractivity contribution in [1.29, 1.82) is 0 Å². The quantitative estimate of drug-likeness (QED) is 0.150. The Balaban J connectivity index is 2.88. The minimum Gasteiger partial charge on any atom is -0.481 e. The molecule has 0 bridgehead atoms. The number of amides is 3. The van der Waals surface area contributed by atoms with Crippen LogP contribution >= 0.6 is 0 Å². The average Bonchev–Trinajstić information content (AvgIpc) is 2.89. The topological polar surface area (TPSA) is 176 Å². The number of allylic oxidation sites excluding steroid dienone is 1. The van der Waals surface area contributed by atoms with Crippen molar-refractivity contribution in [3.05, 3.63) is 40.8 Å². The SMILES string of the molecule is CCOC(=O)C=CCCC(NC(=O)CCC(=O)O)C(=O)Nc1cccn(CC(=O)NCCN(CC)CC)c1=O. The van der Waals surface area contributed by atoms with Crippen LogP contribution in [0.4, 0.5) is 5.69 Å². The van der Waals surface area contributed by atoms with E-state index >= 15 is 0 Å². The van der Waals surface area contributed by atoms with Crippen molar-refractivity contribution in [3.63, 3.8) is 0 Å². The van der Waals surface area contributed by atoms with Gasteiger partial charge in [0, 0.05) is 31.8 Å². The third-order valence-electron chi connectivity index (χ3n) is 5.62. The van der Waals surface area contributed by atoms with Crippen molar-refractivity contribution < 1.29 is 33.8 Å². The number of anilines is 1. The van der Waals surface area contributed by atoms with E-state index in [4.69, 9.17) is 9.84 Å². The Labute approximate surface area is 227 Å². The number of aromatic nitrogens is 1. The molecule has 39 heavy (non-hydrogen) atoms. The number of nitrogens with one attached hydrogen (secondary N) is 3. The highest BCUT2D eigenvalue weighted by atomic mass is 16.5. The van der Waals surface area contributed by atoms with Crippen LogP contribution < -0.4 is 21.5 Å². The molecular weight excluding hydrogens is 510 g/mol. The van der Waals surface area contributed by atoms with E-state index in [9.17, 15) is 28.8 Å². The molecule has 0 aliphatic heterocycles. The Morgan fingerprint density at radius 1 is 1.10 bits per heavy atom. The molecule has 0 aromatic carbocycles. The first-order valence-electron chi connectivity index (χ1n) is 12.9. The van der Waals surface area contributed by atoms with Gasteiger partial charge in [-0.25, -0.2) is 4.79 Å². The maximum absolute atomic E-state index is 13.0. The summed E-state index contributed by atoms with van der Waals surface area (Å²) in [6.07, 6.45) is 3.64. The molecule has 0 aliphatic carbocycles. The second kappa shape index (κ2) is 18.3. The highest BCUT2D eigenvalue weighted by Gasteiger charge is 2.22. The van der Waals surface area contributed by atoms with Gasteiger partial charge in [0.25, 0.3) is 5.56 Å². The first-order chi connectivity index (χ1) is 18.6. The molecule has 1 aromatic rings. The first kappa shape index (κ1) is 33.0. The summed E-state index contributed by atoms with van der Waals surface area (Å²) in [5.74, 6) is -3.43. The molecule has 0 radical (unpaired) electrons. The van der Waals surface area contributed by atoms with Crippen LogP contribution in [0.2, 0.25) is 0 Å². The normalized spacial score (nSPS) is 11.7. The second-order valence-electron chi connectivity index (χ2n) is 8.47. The number of rotatable bonds is 18. The van der Waals surface area contributed by atoms with Gasteiger partial charge in [-0.1, -0.05) is 19.9 Å². The Kier molecular flexibility index (Phi) is 15.5. The van der Waals surface area contributed by atoms with Gasteiger partial charge in [-0.15, -0.1) is 0 Å². The highest BCUT2D eigenvalue weighted by Crippen LogP contribution is 2.06. The summed E-state index contributed by atoms with van der Waals surface area (Å²) in [5, 5.41) is 16.5. The number of pyridine rings is 1. The molecule has 0 saturated heterocycles. The van der Waals surface area contributed by atoms with Gasteiger partial charge in [-0.05, 0) is 45.0 Å². The summed E-state index contributed by atoms with van der Waals surface area (Å²) in [7, 11) is 0. The predicted molar refractivity (Wildman–Crippen MR) is 144 cm³/mol. The molecule has 0 saturated carbocycles. The summed E-state index contributed by atoms with van der Waals surface area (Å²) in [6, 6.07) is 1.76. The van der Waals surface area contributed by atoms with Crippen LogP contribution in [0.1, 0.15) is 46.5 Å². The first-order valence-corrected chi connectivity index (χ1v) is 12.9. The van der Waals surface area contributed by atoms with Crippen LogP contribution in [0, 0.1) is 0 Å². The van der Waals surface area contributed by atoms with Crippen LogP contribution in [-0.4, -0.2) is 83.1 Å². The molecule has 13 heteroatoms. The van der Waals surface area contributed by atoms with E-state index < -0.39 is 41.8 Å². The fourth-order valence-electron chi connectivity index (χ4n) is 3.47. The third-order valence-corrected chi connectivity index (χ3v) is 5.62. The summed E-state index contributed by atoms with van der Waals surface area (Å²) in [5.41, 5.74) is -0.701. The van der Waals surface area contributed by atoms with Crippen molar-refractivity contribution in [2.45, 2.75) is 59.0 Å². The molecule has 216 valence electrons. The maximum Gasteiger partial charge on any atom is 0.330 e. The number of aliphatic carboxylic acids is 1. The Bertz CT molecular complexity index is 1060. The number of carboxylic acid groups (broad SMARTS) is 1. The lowest BCUT2D eigenvalue weighted by Gasteiger charge is -2.19. The van der Waals surface area contributed by atoms with Crippen LogP contribution in [0.15, 0.2) is 35.3 Å². The minimum absolute atomic E-state index is 0.0660. The zero-order valence-corrected chi connectivity index (χ0v) is 22.7. The molecule has 0 aliphatic rings. The molecule has 1 unspecified atom stereocenters. The fraction of sp³-hybridized carbons (Fsp3) is 0.538. The molecule has 1 aromatic heterocycles. The van der Waals surface area contributed by atoms with Gasteiger partial charge in [0.2, 0.25) is 17.7 Å². The van der Waals surface area contributed by atoms with Crippen LogP contribution in [0.5, 0.6) is 0 Å². The molecule has 1 atom stereocenters. The van der Waals surface area contributed by atoms with E-state index in [1.807, 2.05) is 13.8 Å². The van der Waals surface area contributed by atoms with E-state index in [-0.39, 0.29) is 44.0 Å². The van der Waals surface area contributed by atoms with Gasteiger partial charge < -0.3 is 35.3 Å². The largest absolute Gasteiger partial charge is 0.481 e. The van der Waals surface area contributed by atoms with E-state index in [1.165, 1.54) is 30.5 Å². The molecule has 0 spiro atoms. The van der Waals surface area contributed by atoms with Crippen molar-refractivity contribution >= 4 is 35.3 Å². The standard InChI is InChI=1S/C26H39N5O8/c1-4-30(5-2)17-15-27-22(33)18-31-16-9-11-20(26(31)38)29-25(37)19(28-21(32)13-14-23(34)35)10-7-8-12-24(36)39-6-3/h8-9,11-12,16,19H,4-7,10,13-15,17-18H2,1-3H3,(H,27,33)(H,28,32)(H,29,37)(H,34,35). The summed E-state index contributed by atoms with van der Waals surface area (Å²) >= 11 is 0. The van der Waals surface area contributed by atoms with Crippen LogP contribution in [0.3, 0.4) is 0 Å². The molecule has 13 nitrogen and oxygen atoms in total. The van der Waals surface area contributed by atoms with Gasteiger partial charge in [-0.3, -0.25) is 24.0 Å². The second-order valence-corrected chi connectivity index (χ2v) is 8.47. The number of hydrogen-bond donors (Lipinski definition) is 4. The summed E-state index contributed by atoms with van der Waals surface area (Å²) in [6.45, 7) is 8.50. The smallest absolute Gasteiger partial charge is 0.330 e. The predicted octanol–water partition coefficient (Wildman–Crippen LogP) is 0.494. The zero-order valence-electron chi connectivity index (χ0n) is 22.7. The molecule has 1 heterocycles. The van der Waals surface area contributed by atoms with Gasteiger partial charge in [0.15, 0.2) is 0 Å². The Hall–Kier alpha value is -4.00. The number of nitrogens with zero attached hydrogens (tertiary/aromatic N) is 2. The van der Waals surface area contributed by atoms with Crippen molar-refractivity contribution in [2.24, 2.45) is 0 Å². The number of likely N-dealkylation sites (N-methyl/N-ethyl adjacent to an activating group) is 1. The van der Waals surface area contributed by atoms with E-state index in [0.717, 1.165) is 17.7 Å². The lowest BCUT2D eigenvalue weighted by atomic mass is 10.1. The van der Waals surface area contributed by atoms with E-state index in [2.05, 4.69) is 20.9 Å². The number of ether oxygens (including phenoxy) is 1. The number of carbonyl (C=O) groups is 5. The van der Waals surface area contributed by atoms with Crippen molar-refractivity contribution in [3.8, 4) is 0 Å². The fourth-order valence-corrected chi connectivity index (χ4v) is 3.47. The summed E-state index contributed by atoms with van der Waals surface area (Å²) < 4.78 is 5.95. The number of hydrogen-bond acceptors (Lipinski definition) is 8. The number of esters is 1. The van der Waals surface area contributed by atoms with Gasteiger partial charge in [0.1, 0.15) is 18.3 Å². The lowest BCUT2D eigenvalue weighted by Crippen LogP contribution is -2.44. The Morgan fingerprint density at radius 2 is 1.82 bits per heavy atom. The Morgan fingerprint density at radius 3 is 2.46 bits per heavy atom. The van der Waals surface area contributed by atoms with Crippen LogP contribution in [-0.2, 0) is 35.3 Å². The molecule has 1 rings (SSSR count).